The van der Waals surface area contributed by atoms with Crippen LogP contribution in [0.2, 0.25) is 0 Å². The molecule has 104 valence electrons. The third-order valence-corrected chi connectivity index (χ3v) is 3.54. The maximum Gasteiger partial charge on any atom is 0.322 e. The molecule has 1 N–H and O–H groups in total. The van der Waals surface area contributed by atoms with Crippen molar-refractivity contribution in [2.45, 2.75) is 32.9 Å². The van der Waals surface area contributed by atoms with Gasteiger partial charge in [-0.25, -0.2) is 0 Å². The van der Waals surface area contributed by atoms with Crippen LogP contribution in [0.25, 0.3) is 0 Å². The molecular formula is C15H22N2O2. The van der Waals surface area contributed by atoms with Crippen molar-refractivity contribution in [2.75, 3.05) is 13.1 Å². The van der Waals surface area contributed by atoms with Crippen molar-refractivity contribution in [1.29, 1.82) is 0 Å². The van der Waals surface area contributed by atoms with E-state index in [9.17, 15) is 4.79 Å². The van der Waals surface area contributed by atoms with Gasteiger partial charge in [0.2, 0.25) is 0 Å². The van der Waals surface area contributed by atoms with Gasteiger partial charge in [0.25, 0.3) is 0 Å². The van der Waals surface area contributed by atoms with Gasteiger partial charge in [0.05, 0.1) is 0 Å². The lowest BCUT2D eigenvalue weighted by molar-refractivity contribution is -0.196. The zero-order valence-corrected chi connectivity index (χ0v) is 11.6. The number of nitrogens with one attached hydrogen (secondary N) is 1. The summed E-state index contributed by atoms with van der Waals surface area (Å²) in [7, 11) is 0. The maximum atomic E-state index is 10.9. The topological polar surface area (TPSA) is 41.6 Å². The van der Waals surface area contributed by atoms with Gasteiger partial charge >= 0.3 is 5.97 Å². The van der Waals surface area contributed by atoms with Crippen molar-refractivity contribution in [1.82, 2.24) is 10.4 Å². The Kier molecular flexibility index (Phi) is 4.93. The lowest BCUT2D eigenvalue weighted by atomic mass is 9.95. The summed E-state index contributed by atoms with van der Waals surface area (Å²) in [5, 5.41) is 5.37. The summed E-state index contributed by atoms with van der Waals surface area (Å²) < 4.78 is 0. The van der Waals surface area contributed by atoms with E-state index in [0.29, 0.717) is 12.0 Å². The second-order valence-corrected chi connectivity index (χ2v) is 5.21. The summed E-state index contributed by atoms with van der Waals surface area (Å²) in [4.78, 5) is 16.1. The van der Waals surface area contributed by atoms with E-state index in [-0.39, 0.29) is 5.97 Å². The summed E-state index contributed by atoms with van der Waals surface area (Å²) >= 11 is 0. The van der Waals surface area contributed by atoms with Crippen LogP contribution in [0.5, 0.6) is 0 Å². The second-order valence-electron chi connectivity index (χ2n) is 5.21. The number of rotatable bonds is 4. The fourth-order valence-electron chi connectivity index (χ4n) is 2.52. The van der Waals surface area contributed by atoms with E-state index < -0.39 is 0 Å². The fourth-order valence-corrected chi connectivity index (χ4v) is 2.52. The van der Waals surface area contributed by atoms with E-state index in [1.54, 1.807) is 5.06 Å². The number of hydrogen-bond acceptors (Lipinski definition) is 4. The van der Waals surface area contributed by atoms with Gasteiger partial charge in [-0.05, 0) is 17.9 Å². The monoisotopic (exact) mass is 262 g/mol. The van der Waals surface area contributed by atoms with Crippen LogP contribution < -0.4 is 5.32 Å². The second kappa shape index (κ2) is 6.68. The molecule has 0 aromatic heterocycles. The Morgan fingerprint density at radius 1 is 1.42 bits per heavy atom. The standard InChI is InChI=1S/C15H22N2O2/c1-12-11-17(19-13(2)18)9-8-15(12)16-10-14-6-4-3-5-7-14/h3-7,12,15-16H,8-11H2,1-2H3. The largest absolute Gasteiger partial charge is 0.368 e. The van der Waals surface area contributed by atoms with Gasteiger partial charge in [-0.15, -0.1) is 5.06 Å². The normalized spacial score (nSPS) is 24.1. The fraction of sp³-hybridized carbons (Fsp3) is 0.533. The Morgan fingerprint density at radius 2 is 2.16 bits per heavy atom. The lowest BCUT2D eigenvalue weighted by Crippen LogP contribution is -2.48. The van der Waals surface area contributed by atoms with Gasteiger partial charge in [0.1, 0.15) is 0 Å². The summed E-state index contributed by atoms with van der Waals surface area (Å²) in [5.41, 5.74) is 1.30. The Hall–Kier alpha value is -1.39. The van der Waals surface area contributed by atoms with Crippen LogP contribution in [0.4, 0.5) is 0 Å². The van der Waals surface area contributed by atoms with Crippen molar-refractivity contribution < 1.29 is 9.63 Å². The molecule has 1 aromatic rings. The van der Waals surface area contributed by atoms with Crippen molar-refractivity contribution >= 4 is 5.97 Å². The average molecular weight is 262 g/mol. The molecule has 0 bridgehead atoms. The van der Waals surface area contributed by atoms with Crippen LogP contribution in [-0.4, -0.2) is 30.2 Å². The number of hydroxylamine groups is 2. The Labute approximate surface area is 114 Å². The zero-order valence-electron chi connectivity index (χ0n) is 11.6. The van der Waals surface area contributed by atoms with E-state index in [2.05, 4.69) is 36.5 Å². The molecule has 1 aliphatic heterocycles. The molecule has 1 heterocycles. The van der Waals surface area contributed by atoms with Gasteiger partial charge in [-0.1, -0.05) is 37.3 Å². The summed E-state index contributed by atoms with van der Waals surface area (Å²) in [6.45, 7) is 6.13. The minimum Gasteiger partial charge on any atom is -0.368 e. The maximum absolute atomic E-state index is 10.9. The molecule has 4 heteroatoms. The summed E-state index contributed by atoms with van der Waals surface area (Å²) in [6.07, 6.45) is 1.00. The number of nitrogens with zero attached hydrogens (tertiary/aromatic N) is 1. The predicted octanol–water partition coefficient (Wildman–Crippen LogP) is 1.96. The summed E-state index contributed by atoms with van der Waals surface area (Å²) in [5.74, 6) is 0.236. The number of benzene rings is 1. The van der Waals surface area contributed by atoms with Crippen LogP contribution >= 0.6 is 0 Å². The molecule has 1 aromatic carbocycles. The number of carbonyl (C=O) groups excluding carboxylic acids is 1. The minimum atomic E-state index is -0.233. The molecule has 2 atom stereocenters. The molecule has 0 radical (unpaired) electrons. The van der Waals surface area contributed by atoms with Crippen molar-refractivity contribution in [2.24, 2.45) is 5.92 Å². The van der Waals surface area contributed by atoms with Crippen molar-refractivity contribution in [3.05, 3.63) is 35.9 Å². The highest BCUT2D eigenvalue weighted by molar-refractivity contribution is 5.65. The van der Waals surface area contributed by atoms with Crippen LogP contribution in [0, 0.1) is 5.92 Å². The first-order chi connectivity index (χ1) is 9.15. The Morgan fingerprint density at radius 3 is 2.79 bits per heavy atom. The molecule has 1 fully saturated rings. The predicted molar refractivity (Wildman–Crippen MR) is 74.2 cm³/mol. The quantitative estimate of drug-likeness (QED) is 0.900. The molecule has 0 amide bonds. The minimum absolute atomic E-state index is 0.233. The Bertz CT molecular complexity index is 408. The molecular weight excluding hydrogens is 240 g/mol. The number of carbonyl (C=O) groups is 1. The third kappa shape index (κ3) is 4.33. The zero-order chi connectivity index (χ0) is 13.7. The molecule has 1 saturated heterocycles. The molecule has 0 spiro atoms. The first kappa shape index (κ1) is 14.0. The molecule has 1 aliphatic rings. The SMILES string of the molecule is CC(=O)ON1CCC(NCc2ccccc2)C(C)C1. The molecule has 19 heavy (non-hydrogen) atoms. The first-order valence-corrected chi connectivity index (χ1v) is 6.86. The molecule has 4 nitrogen and oxygen atoms in total. The lowest BCUT2D eigenvalue weighted by Gasteiger charge is -2.35. The molecule has 0 saturated carbocycles. The van der Waals surface area contributed by atoms with Crippen LogP contribution in [-0.2, 0) is 16.2 Å². The highest BCUT2D eigenvalue weighted by Crippen LogP contribution is 2.17. The number of hydrogen-bond donors (Lipinski definition) is 1. The van der Waals surface area contributed by atoms with Gasteiger partial charge in [0.15, 0.2) is 0 Å². The van der Waals surface area contributed by atoms with E-state index in [1.807, 2.05) is 6.07 Å². The van der Waals surface area contributed by atoms with Gasteiger partial charge < -0.3 is 10.2 Å². The van der Waals surface area contributed by atoms with E-state index in [0.717, 1.165) is 26.1 Å². The number of piperidine rings is 1. The van der Waals surface area contributed by atoms with E-state index in [1.165, 1.54) is 12.5 Å². The third-order valence-electron chi connectivity index (χ3n) is 3.54. The highest BCUT2D eigenvalue weighted by atomic mass is 16.7. The van der Waals surface area contributed by atoms with Crippen LogP contribution in [0.3, 0.4) is 0 Å². The Balaban J connectivity index is 1.78. The van der Waals surface area contributed by atoms with Crippen LogP contribution in [0.15, 0.2) is 30.3 Å². The van der Waals surface area contributed by atoms with E-state index >= 15 is 0 Å². The van der Waals surface area contributed by atoms with Gasteiger partial charge in [0, 0.05) is 32.6 Å². The summed E-state index contributed by atoms with van der Waals surface area (Å²) in [6, 6.07) is 10.9. The highest BCUT2D eigenvalue weighted by Gasteiger charge is 2.27. The molecule has 2 unspecified atom stereocenters. The smallest absolute Gasteiger partial charge is 0.322 e. The average Bonchev–Trinajstić information content (AvgIpc) is 2.38. The van der Waals surface area contributed by atoms with Gasteiger partial charge in [-0.2, -0.15) is 0 Å². The van der Waals surface area contributed by atoms with Crippen molar-refractivity contribution in [3.8, 4) is 0 Å². The molecule has 0 aliphatic carbocycles. The van der Waals surface area contributed by atoms with Crippen molar-refractivity contribution in [3.63, 3.8) is 0 Å². The van der Waals surface area contributed by atoms with E-state index in [4.69, 9.17) is 4.84 Å². The first-order valence-electron chi connectivity index (χ1n) is 6.86. The van der Waals surface area contributed by atoms with Crippen LogP contribution in [0.1, 0.15) is 25.8 Å². The molecule has 2 rings (SSSR count). The van der Waals surface area contributed by atoms with Gasteiger partial charge in [-0.3, -0.25) is 4.79 Å².